The van der Waals surface area contributed by atoms with Crippen LogP contribution in [0.15, 0.2) is 36.4 Å². The molecule has 0 radical (unpaired) electrons. The number of amides is 1. The molecule has 1 aliphatic carbocycles. The van der Waals surface area contributed by atoms with Crippen LogP contribution >= 0.6 is 0 Å². The largest absolute Gasteiger partial charge is 0.309 e. The molecule has 4 nitrogen and oxygen atoms in total. The van der Waals surface area contributed by atoms with Gasteiger partial charge in [-0.1, -0.05) is 26.0 Å². The molecule has 2 aliphatic rings. The predicted octanol–water partition coefficient (Wildman–Crippen LogP) is 4.84. The summed E-state index contributed by atoms with van der Waals surface area (Å²) in [6.45, 7) is 7.78. The Kier molecular flexibility index (Phi) is 5.67. The van der Waals surface area contributed by atoms with Crippen molar-refractivity contribution in [1.29, 1.82) is 0 Å². The topological polar surface area (TPSA) is 36.4 Å². The van der Waals surface area contributed by atoms with Crippen LogP contribution in [0.1, 0.15) is 56.5 Å². The van der Waals surface area contributed by atoms with Crippen LogP contribution < -0.4 is 4.90 Å². The summed E-state index contributed by atoms with van der Waals surface area (Å²) < 4.78 is 13.5. The van der Waals surface area contributed by atoms with Crippen LogP contribution in [0.5, 0.6) is 0 Å². The molecular weight excluding hydrogens is 377 g/mol. The van der Waals surface area contributed by atoms with Crippen LogP contribution in [0.4, 0.5) is 10.1 Å². The van der Waals surface area contributed by atoms with E-state index in [1.807, 2.05) is 24.0 Å². The van der Waals surface area contributed by atoms with Crippen molar-refractivity contribution < 1.29 is 9.18 Å². The molecule has 0 atom stereocenters. The van der Waals surface area contributed by atoms with Gasteiger partial charge in [0.25, 0.3) is 0 Å². The standard InChI is InChI=1S/C25H32FN3O/c1-17-8-13-22-23(27-17)25(2,3)16-29(22)24(30)19-9-11-21(12-10-19)28(4)15-18-6-5-7-20(26)14-18/h5-8,13-14,19,21H,9-12,15-16H2,1-4H3/t19-,21-. The second-order valence-electron chi connectivity index (χ2n) is 9.68. The van der Waals surface area contributed by atoms with Gasteiger partial charge >= 0.3 is 0 Å². The van der Waals surface area contributed by atoms with Gasteiger partial charge < -0.3 is 4.90 Å². The molecule has 0 bridgehead atoms. The molecule has 1 fully saturated rings. The molecule has 0 spiro atoms. The highest BCUT2D eigenvalue weighted by Gasteiger charge is 2.42. The van der Waals surface area contributed by atoms with E-state index in [9.17, 15) is 9.18 Å². The fraction of sp³-hybridized carbons (Fsp3) is 0.520. The summed E-state index contributed by atoms with van der Waals surface area (Å²) in [6, 6.07) is 11.3. The molecule has 1 aromatic carbocycles. The Morgan fingerprint density at radius 2 is 1.93 bits per heavy atom. The first-order valence-electron chi connectivity index (χ1n) is 11.0. The van der Waals surface area contributed by atoms with E-state index in [1.165, 1.54) is 6.07 Å². The van der Waals surface area contributed by atoms with E-state index in [-0.39, 0.29) is 23.1 Å². The van der Waals surface area contributed by atoms with Gasteiger partial charge in [0, 0.05) is 36.2 Å². The summed E-state index contributed by atoms with van der Waals surface area (Å²) in [5.41, 5.74) is 3.91. The van der Waals surface area contributed by atoms with E-state index in [1.54, 1.807) is 12.1 Å². The van der Waals surface area contributed by atoms with Gasteiger partial charge in [0.2, 0.25) is 5.91 Å². The SMILES string of the molecule is Cc1ccc2c(n1)C(C)(C)CN2C(=O)[C@H]1CC[C@H](N(C)Cc2cccc(F)c2)CC1. The minimum atomic E-state index is -0.186. The number of anilines is 1. The molecule has 0 saturated heterocycles. The van der Waals surface area contributed by atoms with E-state index < -0.39 is 0 Å². The van der Waals surface area contributed by atoms with Crippen molar-refractivity contribution in [2.24, 2.45) is 5.92 Å². The first kappa shape index (κ1) is 21.0. The van der Waals surface area contributed by atoms with Crippen LogP contribution in [-0.4, -0.2) is 35.4 Å². The van der Waals surface area contributed by atoms with Gasteiger partial charge in [-0.15, -0.1) is 0 Å². The van der Waals surface area contributed by atoms with Crippen molar-refractivity contribution in [3.05, 3.63) is 59.2 Å². The van der Waals surface area contributed by atoms with E-state index in [0.717, 1.165) is 54.9 Å². The smallest absolute Gasteiger partial charge is 0.230 e. The number of fused-ring (bicyclic) bond motifs is 1. The number of hydrogen-bond donors (Lipinski definition) is 0. The van der Waals surface area contributed by atoms with Crippen LogP contribution in [0.25, 0.3) is 0 Å². The number of carbonyl (C=O) groups is 1. The number of nitrogens with zero attached hydrogens (tertiary/aromatic N) is 3. The molecule has 1 amide bonds. The highest BCUT2D eigenvalue weighted by Crippen LogP contribution is 2.41. The van der Waals surface area contributed by atoms with Crippen molar-refractivity contribution in [3.63, 3.8) is 0 Å². The minimum absolute atomic E-state index is 0.0758. The van der Waals surface area contributed by atoms with Crippen molar-refractivity contribution >= 4 is 11.6 Å². The molecular formula is C25H32FN3O. The van der Waals surface area contributed by atoms with Gasteiger partial charge in [-0.3, -0.25) is 14.7 Å². The zero-order valence-corrected chi connectivity index (χ0v) is 18.5. The second-order valence-corrected chi connectivity index (χ2v) is 9.68. The van der Waals surface area contributed by atoms with Gasteiger partial charge in [-0.05, 0) is 69.5 Å². The molecule has 0 N–H and O–H groups in total. The number of carbonyl (C=O) groups excluding carboxylic acids is 1. The molecule has 1 aromatic heterocycles. The summed E-state index contributed by atoms with van der Waals surface area (Å²) in [6.07, 6.45) is 3.81. The summed E-state index contributed by atoms with van der Waals surface area (Å²) in [7, 11) is 2.10. The lowest BCUT2D eigenvalue weighted by Gasteiger charge is -2.35. The number of rotatable bonds is 4. The maximum atomic E-state index is 13.5. The van der Waals surface area contributed by atoms with Crippen molar-refractivity contribution in [2.45, 2.75) is 64.5 Å². The Morgan fingerprint density at radius 3 is 2.63 bits per heavy atom. The van der Waals surface area contributed by atoms with E-state index >= 15 is 0 Å². The van der Waals surface area contributed by atoms with E-state index in [0.29, 0.717) is 12.6 Å². The highest BCUT2D eigenvalue weighted by molar-refractivity contribution is 5.97. The van der Waals surface area contributed by atoms with Gasteiger partial charge in [0.05, 0.1) is 11.4 Å². The highest BCUT2D eigenvalue weighted by atomic mass is 19.1. The molecule has 1 aliphatic heterocycles. The molecule has 2 aromatic rings. The summed E-state index contributed by atoms with van der Waals surface area (Å²) in [5.74, 6) is 0.138. The average Bonchev–Trinajstić information content (AvgIpc) is 2.98. The zero-order valence-electron chi connectivity index (χ0n) is 18.5. The van der Waals surface area contributed by atoms with Crippen molar-refractivity contribution in [3.8, 4) is 0 Å². The Labute approximate surface area is 179 Å². The van der Waals surface area contributed by atoms with Crippen molar-refractivity contribution in [2.75, 3.05) is 18.5 Å². The maximum absolute atomic E-state index is 13.5. The summed E-state index contributed by atoms with van der Waals surface area (Å²) in [4.78, 5) is 22.4. The second kappa shape index (κ2) is 8.10. The third-order valence-electron chi connectivity index (χ3n) is 6.75. The zero-order chi connectivity index (χ0) is 21.5. The predicted molar refractivity (Wildman–Crippen MR) is 118 cm³/mol. The molecule has 30 heavy (non-hydrogen) atoms. The third kappa shape index (κ3) is 4.13. The summed E-state index contributed by atoms with van der Waals surface area (Å²) >= 11 is 0. The lowest BCUT2D eigenvalue weighted by molar-refractivity contribution is -0.123. The van der Waals surface area contributed by atoms with Gasteiger partial charge in [-0.2, -0.15) is 0 Å². The van der Waals surface area contributed by atoms with Crippen LogP contribution in [0.3, 0.4) is 0 Å². The Morgan fingerprint density at radius 1 is 1.20 bits per heavy atom. The lowest BCUT2D eigenvalue weighted by atomic mass is 9.84. The van der Waals surface area contributed by atoms with E-state index in [4.69, 9.17) is 4.98 Å². The normalized spacial score (nSPS) is 22.9. The quantitative estimate of drug-likeness (QED) is 0.725. The third-order valence-corrected chi connectivity index (χ3v) is 6.75. The number of aromatic nitrogens is 1. The first-order chi connectivity index (χ1) is 14.2. The summed E-state index contributed by atoms with van der Waals surface area (Å²) in [5, 5.41) is 0. The monoisotopic (exact) mass is 409 g/mol. The number of hydrogen-bond acceptors (Lipinski definition) is 3. The maximum Gasteiger partial charge on any atom is 0.230 e. The molecule has 160 valence electrons. The Bertz CT molecular complexity index is 934. The van der Waals surface area contributed by atoms with Crippen molar-refractivity contribution in [1.82, 2.24) is 9.88 Å². The molecule has 4 rings (SSSR count). The molecule has 2 heterocycles. The van der Waals surface area contributed by atoms with Gasteiger partial charge in [0.15, 0.2) is 0 Å². The molecule has 1 saturated carbocycles. The van der Waals surface area contributed by atoms with Crippen LogP contribution in [0.2, 0.25) is 0 Å². The van der Waals surface area contributed by atoms with Crippen LogP contribution in [0, 0.1) is 18.7 Å². The van der Waals surface area contributed by atoms with Gasteiger partial charge in [-0.25, -0.2) is 4.39 Å². The molecule has 0 unspecified atom stereocenters. The van der Waals surface area contributed by atoms with Gasteiger partial charge in [0.1, 0.15) is 5.82 Å². The number of pyridine rings is 1. The Hall–Kier alpha value is -2.27. The van der Waals surface area contributed by atoms with Crippen LogP contribution in [-0.2, 0) is 16.8 Å². The first-order valence-corrected chi connectivity index (χ1v) is 11.0. The number of halogens is 1. The average molecular weight is 410 g/mol. The fourth-order valence-electron chi connectivity index (χ4n) is 5.05. The number of aryl methyl sites for hydroxylation is 1. The number of benzene rings is 1. The molecule has 5 heteroatoms. The van der Waals surface area contributed by atoms with E-state index in [2.05, 4.69) is 31.9 Å². The lowest BCUT2D eigenvalue weighted by Crippen LogP contribution is -2.42. The minimum Gasteiger partial charge on any atom is -0.309 e. The Balaban J connectivity index is 1.38. The fourth-order valence-corrected chi connectivity index (χ4v) is 5.05.